The summed E-state index contributed by atoms with van der Waals surface area (Å²) in [7, 11) is 0. The van der Waals surface area contributed by atoms with Crippen molar-refractivity contribution in [3.8, 4) is 11.5 Å². The number of nitrogens with zero attached hydrogens (tertiary/aromatic N) is 3. The molecule has 0 spiro atoms. The predicted molar refractivity (Wildman–Crippen MR) is 136 cm³/mol. The summed E-state index contributed by atoms with van der Waals surface area (Å²) in [4.78, 5) is 37.6. The topological polar surface area (TPSA) is 85.5 Å². The van der Waals surface area contributed by atoms with E-state index in [2.05, 4.69) is 9.97 Å². The quantitative estimate of drug-likeness (QED) is 0.329. The van der Waals surface area contributed by atoms with E-state index in [9.17, 15) is 9.59 Å². The van der Waals surface area contributed by atoms with Crippen LogP contribution in [-0.2, 0) is 0 Å². The minimum Gasteiger partial charge on any atom is -0.457 e. The first kappa shape index (κ1) is 21.7. The van der Waals surface area contributed by atoms with Crippen LogP contribution in [0.25, 0.3) is 11.0 Å². The van der Waals surface area contributed by atoms with Gasteiger partial charge in [0, 0.05) is 12.4 Å². The van der Waals surface area contributed by atoms with Gasteiger partial charge in [-0.15, -0.1) is 0 Å². The summed E-state index contributed by atoms with van der Waals surface area (Å²) in [5.74, 6) is 0.974. The van der Waals surface area contributed by atoms with Gasteiger partial charge in [-0.05, 0) is 73.0 Å². The van der Waals surface area contributed by atoms with Crippen LogP contribution in [-0.4, -0.2) is 15.9 Å². The van der Waals surface area contributed by atoms with Crippen LogP contribution >= 0.6 is 0 Å². The molecule has 7 heteroatoms. The first-order chi connectivity index (χ1) is 17.5. The number of aromatic nitrogens is 2. The number of aryl methyl sites for hydroxylation is 2. The van der Waals surface area contributed by atoms with Crippen LogP contribution in [0, 0.1) is 13.8 Å². The molecule has 6 rings (SSSR count). The molecule has 0 saturated heterocycles. The Hall–Kier alpha value is -4.78. The Kier molecular flexibility index (Phi) is 5.11. The minimum absolute atomic E-state index is 0.00240. The molecule has 1 aliphatic heterocycles. The number of carbonyl (C=O) groups is 1. The standard InChI is InChI=1S/C29H21N3O4/c1-17-14-22-23(15-18(17)2)36-27-24(26(22)33)25(32(28(27)34)29-30-12-7-13-31-29)19-8-6-11-21(16-19)35-20-9-4-3-5-10-20/h3-16,25H,1-2H3. The fourth-order valence-electron chi connectivity index (χ4n) is 4.54. The summed E-state index contributed by atoms with van der Waals surface area (Å²) in [5, 5.41) is 0.433. The van der Waals surface area contributed by atoms with E-state index in [4.69, 9.17) is 9.15 Å². The smallest absolute Gasteiger partial charge is 0.297 e. The molecule has 3 aromatic carbocycles. The lowest BCUT2D eigenvalue weighted by Gasteiger charge is -2.23. The molecule has 5 aromatic rings. The summed E-state index contributed by atoms with van der Waals surface area (Å²) >= 11 is 0. The Balaban J connectivity index is 1.56. The van der Waals surface area contributed by atoms with Gasteiger partial charge in [-0.2, -0.15) is 0 Å². The highest BCUT2D eigenvalue weighted by molar-refractivity contribution is 6.09. The van der Waals surface area contributed by atoms with Gasteiger partial charge in [0.2, 0.25) is 11.7 Å². The number of hydrogen-bond donors (Lipinski definition) is 0. The highest BCUT2D eigenvalue weighted by atomic mass is 16.5. The van der Waals surface area contributed by atoms with E-state index in [1.807, 2.05) is 74.5 Å². The van der Waals surface area contributed by atoms with Gasteiger partial charge in [-0.3, -0.25) is 14.5 Å². The number of ether oxygens (including phenoxy) is 1. The lowest BCUT2D eigenvalue weighted by molar-refractivity contribution is 0.0969. The molecule has 0 fully saturated rings. The van der Waals surface area contributed by atoms with Gasteiger partial charge in [-0.25, -0.2) is 9.97 Å². The molecule has 1 aliphatic rings. The molecule has 1 amide bonds. The predicted octanol–water partition coefficient (Wildman–Crippen LogP) is 5.74. The molecule has 0 aliphatic carbocycles. The van der Waals surface area contributed by atoms with E-state index in [0.29, 0.717) is 28.0 Å². The van der Waals surface area contributed by atoms with Crippen molar-refractivity contribution < 1.29 is 13.9 Å². The van der Waals surface area contributed by atoms with E-state index in [1.165, 1.54) is 4.90 Å². The molecule has 1 unspecified atom stereocenters. The Bertz CT molecular complexity index is 1680. The first-order valence-corrected chi connectivity index (χ1v) is 11.5. The maximum atomic E-state index is 13.9. The second kappa shape index (κ2) is 8.46. The summed E-state index contributed by atoms with van der Waals surface area (Å²) in [5.41, 5.74) is 3.02. The molecule has 7 nitrogen and oxygen atoms in total. The monoisotopic (exact) mass is 475 g/mol. The Morgan fingerprint density at radius 3 is 2.33 bits per heavy atom. The molecule has 0 N–H and O–H groups in total. The second-order valence-electron chi connectivity index (χ2n) is 8.72. The molecular formula is C29H21N3O4. The van der Waals surface area contributed by atoms with Crippen LogP contribution < -0.4 is 15.1 Å². The van der Waals surface area contributed by atoms with Crippen molar-refractivity contribution >= 4 is 22.8 Å². The summed E-state index contributed by atoms with van der Waals surface area (Å²) < 4.78 is 12.1. The number of anilines is 1. The van der Waals surface area contributed by atoms with Crippen molar-refractivity contribution in [3.05, 3.63) is 123 Å². The average Bonchev–Trinajstić information content (AvgIpc) is 3.19. The highest BCUT2D eigenvalue weighted by Gasteiger charge is 2.45. The molecular weight excluding hydrogens is 454 g/mol. The third kappa shape index (κ3) is 3.53. The van der Waals surface area contributed by atoms with Gasteiger partial charge in [-0.1, -0.05) is 30.3 Å². The summed E-state index contributed by atoms with van der Waals surface area (Å²) in [6.07, 6.45) is 3.12. The van der Waals surface area contributed by atoms with Crippen molar-refractivity contribution in [3.63, 3.8) is 0 Å². The minimum atomic E-state index is -0.781. The molecule has 0 bridgehead atoms. The fourth-order valence-corrected chi connectivity index (χ4v) is 4.54. The van der Waals surface area contributed by atoms with Gasteiger partial charge in [0.05, 0.1) is 17.0 Å². The second-order valence-corrected chi connectivity index (χ2v) is 8.72. The van der Waals surface area contributed by atoms with E-state index in [0.717, 1.165) is 11.1 Å². The number of amides is 1. The number of carbonyl (C=O) groups excluding carboxylic acids is 1. The Morgan fingerprint density at radius 2 is 1.56 bits per heavy atom. The van der Waals surface area contributed by atoms with Gasteiger partial charge in [0.25, 0.3) is 5.91 Å². The lowest BCUT2D eigenvalue weighted by atomic mass is 9.97. The van der Waals surface area contributed by atoms with Crippen molar-refractivity contribution in [2.45, 2.75) is 19.9 Å². The molecule has 3 heterocycles. The van der Waals surface area contributed by atoms with Crippen LogP contribution in [0.15, 0.2) is 94.4 Å². The molecule has 1 atom stereocenters. The number of hydrogen-bond acceptors (Lipinski definition) is 6. The van der Waals surface area contributed by atoms with Crippen molar-refractivity contribution in [1.29, 1.82) is 0 Å². The zero-order valence-electron chi connectivity index (χ0n) is 19.6. The van der Waals surface area contributed by atoms with Crippen molar-refractivity contribution in [1.82, 2.24) is 9.97 Å². The zero-order chi connectivity index (χ0) is 24.8. The van der Waals surface area contributed by atoms with Crippen LogP contribution in [0.1, 0.15) is 38.9 Å². The fraction of sp³-hybridized carbons (Fsp3) is 0.103. The first-order valence-electron chi connectivity index (χ1n) is 11.5. The van der Waals surface area contributed by atoms with Gasteiger partial charge in [0.1, 0.15) is 17.1 Å². The Labute approximate surface area is 206 Å². The normalized spacial score (nSPS) is 14.8. The molecule has 36 heavy (non-hydrogen) atoms. The number of rotatable bonds is 4. The molecule has 0 radical (unpaired) electrons. The number of para-hydroxylation sites is 1. The average molecular weight is 476 g/mol. The maximum Gasteiger partial charge on any atom is 0.297 e. The Morgan fingerprint density at radius 1 is 0.833 bits per heavy atom. The zero-order valence-corrected chi connectivity index (χ0v) is 19.6. The number of benzene rings is 3. The highest BCUT2D eigenvalue weighted by Crippen LogP contribution is 2.41. The van der Waals surface area contributed by atoms with Gasteiger partial charge < -0.3 is 9.15 Å². The number of fused-ring (bicyclic) bond motifs is 2. The van der Waals surface area contributed by atoms with Crippen LogP contribution in [0.5, 0.6) is 11.5 Å². The van der Waals surface area contributed by atoms with Gasteiger partial charge >= 0.3 is 0 Å². The lowest BCUT2D eigenvalue weighted by Crippen LogP contribution is -2.31. The maximum absolute atomic E-state index is 13.9. The molecule has 176 valence electrons. The van der Waals surface area contributed by atoms with Crippen LogP contribution in [0.4, 0.5) is 5.95 Å². The summed E-state index contributed by atoms with van der Waals surface area (Å²) in [6.45, 7) is 3.88. The van der Waals surface area contributed by atoms with E-state index < -0.39 is 11.9 Å². The third-order valence-corrected chi connectivity index (χ3v) is 6.41. The largest absolute Gasteiger partial charge is 0.457 e. The van der Waals surface area contributed by atoms with Crippen molar-refractivity contribution in [2.75, 3.05) is 4.90 Å². The molecule has 0 saturated carbocycles. The molecule has 2 aromatic heterocycles. The third-order valence-electron chi connectivity index (χ3n) is 6.41. The van der Waals surface area contributed by atoms with Crippen LogP contribution in [0.3, 0.4) is 0 Å². The van der Waals surface area contributed by atoms with Crippen molar-refractivity contribution in [2.24, 2.45) is 0 Å². The van der Waals surface area contributed by atoms with E-state index >= 15 is 0 Å². The van der Waals surface area contributed by atoms with Gasteiger partial charge in [0.15, 0.2) is 5.43 Å². The van der Waals surface area contributed by atoms with Crippen LogP contribution in [0.2, 0.25) is 0 Å². The summed E-state index contributed by atoms with van der Waals surface area (Å²) in [6, 6.07) is 21.2. The van der Waals surface area contributed by atoms with E-state index in [-0.39, 0.29) is 22.7 Å². The van der Waals surface area contributed by atoms with E-state index in [1.54, 1.807) is 24.5 Å². The SMILES string of the molecule is Cc1cc2oc3c(c(=O)c2cc1C)C(c1cccc(Oc2ccccc2)c1)N(c1ncccn1)C3=O.